The Morgan fingerprint density at radius 3 is 2.29 bits per heavy atom. The molecule has 0 saturated carbocycles. The van der Waals surface area contributed by atoms with Crippen LogP contribution in [0.2, 0.25) is 0 Å². The first-order chi connectivity index (χ1) is 10.2. The van der Waals surface area contributed by atoms with Crippen LogP contribution in [0.15, 0.2) is 54.6 Å². The highest BCUT2D eigenvalue weighted by Crippen LogP contribution is 2.24. The van der Waals surface area contributed by atoms with Crippen molar-refractivity contribution in [3.63, 3.8) is 0 Å². The SMILES string of the molecule is COc1ccc(CCC(OC(C)=O)c2ccccc2)cc1. The van der Waals surface area contributed by atoms with Gasteiger partial charge in [-0.1, -0.05) is 42.5 Å². The maximum absolute atomic E-state index is 11.3. The molecular weight excluding hydrogens is 264 g/mol. The molecule has 0 amide bonds. The molecule has 0 radical (unpaired) electrons. The van der Waals surface area contributed by atoms with E-state index in [2.05, 4.69) is 0 Å². The molecule has 0 fully saturated rings. The fraction of sp³-hybridized carbons (Fsp3) is 0.278. The Labute approximate surface area is 125 Å². The Bertz CT molecular complexity index is 561. The van der Waals surface area contributed by atoms with Crippen LogP contribution in [-0.2, 0) is 16.0 Å². The molecule has 0 aliphatic rings. The predicted molar refractivity (Wildman–Crippen MR) is 82.3 cm³/mol. The number of esters is 1. The van der Waals surface area contributed by atoms with E-state index in [1.54, 1.807) is 7.11 Å². The Morgan fingerprint density at radius 2 is 1.71 bits per heavy atom. The summed E-state index contributed by atoms with van der Waals surface area (Å²) in [5, 5.41) is 0. The van der Waals surface area contributed by atoms with Gasteiger partial charge in [-0.25, -0.2) is 0 Å². The molecule has 2 aromatic carbocycles. The summed E-state index contributed by atoms with van der Waals surface area (Å²) < 4.78 is 10.6. The van der Waals surface area contributed by atoms with Crippen molar-refractivity contribution in [2.45, 2.75) is 25.9 Å². The lowest BCUT2D eigenvalue weighted by atomic mass is 10.0. The molecule has 1 atom stereocenters. The predicted octanol–water partition coefficient (Wildman–Crippen LogP) is 3.93. The second-order valence-corrected chi connectivity index (χ2v) is 4.90. The van der Waals surface area contributed by atoms with Gasteiger partial charge in [-0.3, -0.25) is 4.79 Å². The van der Waals surface area contributed by atoms with Crippen molar-refractivity contribution in [2.75, 3.05) is 7.11 Å². The molecule has 3 nitrogen and oxygen atoms in total. The van der Waals surface area contributed by atoms with Crippen LogP contribution in [0.5, 0.6) is 5.75 Å². The van der Waals surface area contributed by atoms with Gasteiger partial charge >= 0.3 is 5.97 Å². The van der Waals surface area contributed by atoms with Gasteiger partial charge in [0, 0.05) is 6.92 Å². The van der Waals surface area contributed by atoms with Gasteiger partial charge in [0.25, 0.3) is 0 Å². The maximum Gasteiger partial charge on any atom is 0.303 e. The van der Waals surface area contributed by atoms with Crippen LogP contribution in [0.4, 0.5) is 0 Å². The van der Waals surface area contributed by atoms with Crippen molar-refractivity contribution in [3.05, 3.63) is 65.7 Å². The molecule has 0 aliphatic heterocycles. The van der Waals surface area contributed by atoms with Gasteiger partial charge in [0.15, 0.2) is 0 Å². The van der Waals surface area contributed by atoms with E-state index >= 15 is 0 Å². The van der Waals surface area contributed by atoms with Crippen LogP contribution >= 0.6 is 0 Å². The van der Waals surface area contributed by atoms with Crippen molar-refractivity contribution < 1.29 is 14.3 Å². The second-order valence-electron chi connectivity index (χ2n) is 4.90. The second kappa shape index (κ2) is 7.48. The van der Waals surface area contributed by atoms with Gasteiger partial charge in [0.05, 0.1) is 7.11 Å². The molecular formula is C18H20O3. The number of methoxy groups -OCH3 is 1. The van der Waals surface area contributed by atoms with E-state index < -0.39 is 0 Å². The molecule has 110 valence electrons. The molecule has 2 aromatic rings. The topological polar surface area (TPSA) is 35.5 Å². The average molecular weight is 284 g/mol. The summed E-state index contributed by atoms with van der Waals surface area (Å²) in [4.78, 5) is 11.3. The normalized spacial score (nSPS) is 11.7. The minimum Gasteiger partial charge on any atom is -0.497 e. The number of rotatable bonds is 6. The van der Waals surface area contributed by atoms with Crippen molar-refractivity contribution >= 4 is 5.97 Å². The van der Waals surface area contributed by atoms with Gasteiger partial charge in [0.2, 0.25) is 0 Å². The first-order valence-corrected chi connectivity index (χ1v) is 7.04. The van der Waals surface area contributed by atoms with E-state index in [9.17, 15) is 4.79 Å². The third kappa shape index (κ3) is 4.63. The standard InChI is InChI=1S/C18H20O3/c1-14(19)21-18(16-6-4-3-5-7-16)13-10-15-8-11-17(20-2)12-9-15/h3-9,11-12,18H,10,13H2,1-2H3. The summed E-state index contributed by atoms with van der Waals surface area (Å²) >= 11 is 0. The zero-order valence-electron chi connectivity index (χ0n) is 12.4. The van der Waals surface area contributed by atoms with Gasteiger partial charge in [-0.05, 0) is 36.1 Å². The smallest absolute Gasteiger partial charge is 0.303 e. The molecule has 2 rings (SSSR count). The molecule has 0 bridgehead atoms. The van der Waals surface area contributed by atoms with Gasteiger partial charge in [-0.2, -0.15) is 0 Å². The zero-order chi connectivity index (χ0) is 15.1. The number of hydrogen-bond donors (Lipinski definition) is 0. The summed E-state index contributed by atoms with van der Waals surface area (Å²) in [5.74, 6) is 0.594. The Kier molecular flexibility index (Phi) is 5.38. The first-order valence-electron chi connectivity index (χ1n) is 7.04. The number of carbonyl (C=O) groups is 1. The summed E-state index contributed by atoms with van der Waals surface area (Å²) in [6.45, 7) is 1.45. The van der Waals surface area contributed by atoms with Crippen molar-refractivity contribution in [3.8, 4) is 5.75 Å². The molecule has 0 saturated heterocycles. The van der Waals surface area contributed by atoms with Crippen LogP contribution in [0.25, 0.3) is 0 Å². The number of hydrogen-bond acceptors (Lipinski definition) is 3. The first kappa shape index (κ1) is 15.1. The van der Waals surface area contributed by atoms with Crippen molar-refractivity contribution in [1.82, 2.24) is 0 Å². The summed E-state index contributed by atoms with van der Waals surface area (Å²) in [7, 11) is 1.65. The zero-order valence-corrected chi connectivity index (χ0v) is 12.4. The Balaban J connectivity index is 2.03. The van der Waals surface area contributed by atoms with E-state index in [-0.39, 0.29) is 12.1 Å². The van der Waals surface area contributed by atoms with E-state index in [4.69, 9.17) is 9.47 Å². The lowest BCUT2D eigenvalue weighted by molar-refractivity contribution is -0.147. The minimum atomic E-state index is -0.251. The third-order valence-electron chi connectivity index (χ3n) is 3.33. The maximum atomic E-state index is 11.3. The summed E-state index contributed by atoms with van der Waals surface area (Å²) in [6.07, 6.45) is 1.40. The molecule has 21 heavy (non-hydrogen) atoms. The summed E-state index contributed by atoms with van der Waals surface area (Å²) in [6, 6.07) is 17.8. The highest BCUT2D eigenvalue weighted by atomic mass is 16.5. The fourth-order valence-electron chi connectivity index (χ4n) is 2.25. The molecule has 0 N–H and O–H groups in total. The van der Waals surface area contributed by atoms with E-state index in [0.717, 1.165) is 24.2 Å². The molecule has 0 spiro atoms. The quantitative estimate of drug-likeness (QED) is 0.754. The summed E-state index contributed by atoms with van der Waals surface area (Å²) in [5.41, 5.74) is 2.23. The lowest BCUT2D eigenvalue weighted by Crippen LogP contribution is -2.09. The molecule has 3 heteroatoms. The van der Waals surface area contributed by atoms with E-state index in [1.807, 2.05) is 54.6 Å². The van der Waals surface area contributed by atoms with Crippen molar-refractivity contribution in [2.24, 2.45) is 0 Å². The monoisotopic (exact) mass is 284 g/mol. The third-order valence-corrected chi connectivity index (χ3v) is 3.33. The fourth-order valence-corrected chi connectivity index (χ4v) is 2.25. The van der Waals surface area contributed by atoms with Crippen LogP contribution < -0.4 is 4.74 Å². The molecule has 0 aliphatic carbocycles. The highest BCUT2D eigenvalue weighted by molar-refractivity contribution is 5.66. The van der Waals surface area contributed by atoms with E-state index in [1.165, 1.54) is 12.5 Å². The van der Waals surface area contributed by atoms with Crippen LogP contribution in [0, 0.1) is 0 Å². The van der Waals surface area contributed by atoms with Gasteiger partial charge in [-0.15, -0.1) is 0 Å². The largest absolute Gasteiger partial charge is 0.497 e. The average Bonchev–Trinajstić information content (AvgIpc) is 2.52. The van der Waals surface area contributed by atoms with E-state index in [0.29, 0.717) is 0 Å². The molecule has 1 unspecified atom stereocenters. The number of ether oxygens (including phenoxy) is 2. The van der Waals surface area contributed by atoms with Crippen LogP contribution in [-0.4, -0.2) is 13.1 Å². The number of carbonyl (C=O) groups excluding carboxylic acids is 1. The van der Waals surface area contributed by atoms with Crippen LogP contribution in [0.3, 0.4) is 0 Å². The van der Waals surface area contributed by atoms with Gasteiger partial charge < -0.3 is 9.47 Å². The lowest BCUT2D eigenvalue weighted by Gasteiger charge is -2.17. The number of aryl methyl sites for hydroxylation is 1. The molecule has 0 aromatic heterocycles. The molecule has 0 heterocycles. The Hall–Kier alpha value is -2.29. The minimum absolute atomic E-state index is 0.203. The number of benzene rings is 2. The van der Waals surface area contributed by atoms with Gasteiger partial charge in [0.1, 0.15) is 11.9 Å². The van der Waals surface area contributed by atoms with Crippen molar-refractivity contribution in [1.29, 1.82) is 0 Å². The van der Waals surface area contributed by atoms with Crippen LogP contribution in [0.1, 0.15) is 30.6 Å². The Morgan fingerprint density at radius 1 is 1.05 bits per heavy atom. The highest BCUT2D eigenvalue weighted by Gasteiger charge is 2.14.